The minimum atomic E-state index is 0.279. The van der Waals surface area contributed by atoms with Crippen molar-refractivity contribution in [1.82, 2.24) is 15.1 Å². The minimum Gasteiger partial charge on any atom is -0.337 e. The van der Waals surface area contributed by atoms with Gasteiger partial charge in [0.1, 0.15) is 0 Å². The lowest BCUT2D eigenvalue weighted by Gasteiger charge is -2.36. The highest BCUT2D eigenvalue weighted by atomic mass is 16.2. The van der Waals surface area contributed by atoms with Crippen molar-refractivity contribution in [2.75, 3.05) is 40.3 Å². The first-order valence-corrected chi connectivity index (χ1v) is 7.35. The summed E-state index contributed by atoms with van der Waals surface area (Å²) in [6, 6.07) is 10.7. The fourth-order valence-corrected chi connectivity index (χ4v) is 2.62. The monoisotopic (exact) mass is 275 g/mol. The van der Waals surface area contributed by atoms with Gasteiger partial charge in [0.15, 0.2) is 0 Å². The molecule has 1 saturated heterocycles. The van der Waals surface area contributed by atoms with Crippen molar-refractivity contribution < 1.29 is 4.79 Å². The van der Waals surface area contributed by atoms with Gasteiger partial charge >= 0.3 is 0 Å². The standard InChI is InChI=1S/C16H25N3O/c1-18(2)10-8-16(20)19-11-9-17-13-15(19)12-14-6-4-3-5-7-14/h3-7,15,17H,8-13H2,1-2H3. The Morgan fingerprint density at radius 2 is 2.10 bits per heavy atom. The molecule has 0 saturated carbocycles. The number of rotatable bonds is 5. The number of nitrogens with zero attached hydrogens (tertiary/aromatic N) is 2. The van der Waals surface area contributed by atoms with Gasteiger partial charge < -0.3 is 15.1 Å². The van der Waals surface area contributed by atoms with Gasteiger partial charge in [-0.15, -0.1) is 0 Å². The molecule has 0 aliphatic carbocycles. The summed E-state index contributed by atoms with van der Waals surface area (Å²) in [6.07, 6.45) is 1.54. The van der Waals surface area contributed by atoms with Gasteiger partial charge in [-0.3, -0.25) is 4.79 Å². The zero-order valence-corrected chi connectivity index (χ0v) is 12.5. The predicted molar refractivity (Wildman–Crippen MR) is 81.7 cm³/mol. The van der Waals surface area contributed by atoms with Crippen molar-refractivity contribution in [3.05, 3.63) is 35.9 Å². The van der Waals surface area contributed by atoms with E-state index in [9.17, 15) is 4.79 Å². The lowest BCUT2D eigenvalue weighted by molar-refractivity contribution is -0.134. The van der Waals surface area contributed by atoms with E-state index in [1.54, 1.807) is 0 Å². The summed E-state index contributed by atoms with van der Waals surface area (Å²) in [5.41, 5.74) is 1.30. The molecule has 2 rings (SSSR count). The van der Waals surface area contributed by atoms with E-state index in [0.717, 1.165) is 32.6 Å². The number of carbonyl (C=O) groups is 1. The van der Waals surface area contributed by atoms with Crippen molar-refractivity contribution in [2.24, 2.45) is 0 Å². The highest BCUT2D eigenvalue weighted by Crippen LogP contribution is 2.12. The Kier molecular flexibility index (Phi) is 5.56. The molecule has 110 valence electrons. The third-order valence-electron chi connectivity index (χ3n) is 3.76. The Morgan fingerprint density at radius 1 is 1.35 bits per heavy atom. The second-order valence-corrected chi connectivity index (χ2v) is 5.69. The molecule has 0 aromatic heterocycles. The maximum absolute atomic E-state index is 12.4. The van der Waals surface area contributed by atoms with Gasteiger partial charge in [-0.25, -0.2) is 0 Å². The number of amides is 1. The fourth-order valence-electron chi connectivity index (χ4n) is 2.62. The van der Waals surface area contributed by atoms with Gasteiger partial charge in [-0.05, 0) is 26.1 Å². The third-order valence-corrected chi connectivity index (χ3v) is 3.76. The van der Waals surface area contributed by atoms with E-state index < -0.39 is 0 Å². The van der Waals surface area contributed by atoms with Crippen LogP contribution in [-0.2, 0) is 11.2 Å². The van der Waals surface area contributed by atoms with Crippen LogP contribution in [0.4, 0.5) is 0 Å². The molecule has 1 N–H and O–H groups in total. The number of hydrogen-bond donors (Lipinski definition) is 1. The summed E-state index contributed by atoms with van der Waals surface area (Å²) in [6.45, 7) is 3.44. The third kappa shape index (κ3) is 4.32. The predicted octanol–water partition coefficient (Wildman–Crippen LogP) is 0.981. The average Bonchev–Trinajstić information content (AvgIpc) is 2.46. The van der Waals surface area contributed by atoms with Gasteiger partial charge in [0.25, 0.3) is 0 Å². The quantitative estimate of drug-likeness (QED) is 0.870. The molecule has 4 nitrogen and oxygen atoms in total. The van der Waals surface area contributed by atoms with Crippen molar-refractivity contribution in [1.29, 1.82) is 0 Å². The van der Waals surface area contributed by atoms with E-state index in [-0.39, 0.29) is 11.9 Å². The molecule has 1 aromatic rings. The van der Waals surface area contributed by atoms with E-state index in [4.69, 9.17) is 0 Å². The summed E-state index contributed by atoms with van der Waals surface area (Å²) in [7, 11) is 4.01. The number of nitrogens with one attached hydrogen (secondary N) is 1. The SMILES string of the molecule is CN(C)CCC(=O)N1CCNCC1Cc1ccccc1. The molecule has 1 aromatic carbocycles. The van der Waals surface area contributed by atoms with Crippen LogP contribution in [0.2, 0.25) is 0 Å². The molecule has 0 bridgehead atoms. The lowest BCUT2D eigenvalue weighted by Crippen LogP contribution is -2.54. The van der Waals surface area contributed by atoms with Gasteiger partial charge in [-0.1, -0.05) is 30.3 Å². The second kappa shape index (κ2) is 7.41. The molecule has 20 heavy (non-hydrogen) atoms. The highest BCUT2D eigenvalue weighted by molar-refractivity contribution is 5.77. The van der Waals surface area contributed by atoms with Gasteiger partial charge in [0.05, 0.1) is 0 Å². The molecule has 0 spiro atoms. The van der Waals surface area contributed by atoms with E-state index in [0.29, 0.717) is 6.42 Å². The average molecular weight is 275 g/mol. The topological polar surface area (TPSA) is 35.6 Å². The van der Waals surface area contributed by atoms with E-state index >= 15 is 0 Å². The molecular weight excluding hydrogens is 250 g/mol. The van der Waals surface area contributed by atoms with Crippen LogP contribution >= 0.6 is 0 Å². The first kappa shape index (κ1) is 15.0. The molecule has 4 heteroatoms. The van der Waals surface area contributed by atoms with Crippen molar-refractivity contribution >= 4 is 5.91 Å². The molecule has 1 unspecified atom stereocenters. The first-order valence-electron chi connectivity index (χ1n) is 7.35. The Morgan fingerprint density at radius 3 is 2.80 bits per heavy atom. The molecule has 1 fully saturated rings. The van der Waals surface area contributed by atoms with Crippen LogP contribution in [0.25, 0.3) is 0 Å². The second-order valence-electron chi connectivity index (χ2n) is 5.69. The van der Waals surface area contributed by atoms with Crippen LogP contribution in [0.1, 0.15) is 12.0 Å². The van der Waals surface area contributed by atoms with Crippen LogP contribution in [0, 0.1) is 0 Å². The zero-order chi connectivity index (χ0) is 14.4. The van der Waals surface area contributed by atoms with Crippen molar-refractivity contribution in [3.63, 3.8) is 0 Å². The Hall–Kier alpha value is -1.39. The van der Waals surface area contributed by atoms with Gasteiger partial charge in [0, 0.05) is 38.6 Å². The first-order chi connectivity index (χ1) is 9.66. The van der Waals surface area contributed by atoms with Crippen LogP contribution in [0.3, 0.4) is 0 Å². The Balaban J connectivity index is 1.96. The number of carbonyl (C=O) groups excluding carboxylic acids is 1. The van der Waals surface area contributed by atoms with Gasteiger partial charge in [-0.2, -0.15) is 0 Å². The smallest absolute Gasteiger partial charge is 0.224 e. The highest BCUT2D eigenvalue weighted by Gasteiger charge is 2.26. The summed E-state index contributed by atoms with van der Waals surface area (Å²) in [5, 5.41) is 3.40. The fraction of sp³-hybridized carbons (Fsp3) is 0.562. The molecular formula is C16H25N3O. The van der Waals surface area contributed by atoms with E-state index in [1.807, 2.05) is 20.2 Å². The molecule has 1 atom stereocenters. The van der Waals surface area contributed by atoms with Crippen molar-refractivity contribution in [3.8, 4) is 0 Å². The number of benzene rings is 1. The Labute approximate surface area is 121 Å². The molecule has 1 aliphatic heterocycles. The van der Waals surface area contributed by atoms with E-state index in [1.165, 1.54) is 5.56 Å². The van der Waals surface area contributed by atoms with Crippen LogP contribution in [0.15, 0.2) is 30.3 Å². The molecule has 1 amide bonds. The van der Waals surface area contributed by atoms with E-state index in [2.05, 4.69) is 39.4 Å². The summed E-state index contributed by atoms with van der Waals surface area (Å²) >= 11 is 0. The van der Waals surface area contributed by atoms with Crippen LogP contribution < -0.4 is 5.32 Å². The maximum atomic E-state index is 12.4. The molecule has 1 heterocycles. The largest absolute Gasteiger partial charge is 0.337 e. The van der Waals surface area contributed by atoms with Crippen LogP contribution in [-0.4, -0.2) is 62.0 Å². The zero-order valence-electron chi connectivity index (χ0n) is 12.5. The van der Waals surface area contributed by atoms with Crippen molar-refractivity contribution in [2.45, 2.75) is 18.9 Å². The Bertz CT molecular complexity index is 419. The van der Waals surface area contributed by atoms with Crippen LogP contribution in [0.5, 0.6) is 0 Å². The lowest BCUT2D eigenvalue weighted by atomic mass is 10.0. The molecule has 1 aliphatic rings. The summed E-state index contributed by atoms with van der Waals surface area (Å²) in [4.78, 5) is 16.5. The minimum absolute atomic E-state index is 0.279. The van der Waals surface area contributed by atoms with Gasteiger partial charge in [0.2, 0.25) is 5.91 Å². The molecule has 0 radical (unpaired) electrons. The number of hydrogen-bond acceptors (Lipinski definition) is 3. The normalized spacial score (nSPS) is 19.4. The summed E-state index contributed by atoms with van der Waals surface area (Å²) < 4.78 is 0. The number of piperazine rings is 1. The summed E-state index contributed by atoms with van der Waals surface area (Å²) in [5.74, 6) is 0.279. The maximum Gasteiger partial charge on any atom is 0.224 e.